The number of rotatable bonds is 7. The normalized spacial score (nSPS) is 11.9. The highest BCUT2D eigenvalue weighted by molar-refractivity contribution is 7.88. The van der Waals surface area contributed by atoms with Gasteiger partial charge in [-0.1, -0.05) is 24.3 Å². The molecular formula is C21H27N5O3S. The van der Waals surface area contributed by atoms with Crippen molar-refractivity contribution in [1.29, 1.82) is 0 Å². The molecule has 30 heavy (non-hydrogen) atoms. The summed E-state index contributed by atoms with van der Waals surface area (Å²) in [7, 11) is -1.67. The molecule has 2 N–H and O–H groups in total. The Balaban J connectivity index is 1.84. The number of benzene rings is 1. The first-order valence-corrected chi connectivity index (χ1v) is 11.4. The Morgan fingerprint density at radius 1 is 1.17 bits per heavy atom. The van der Waals surface area contributed by atoms with Gasteiger partial charge in [0.2, 0.25) is 10.0 Å². The summed E-state index contributed by atoms with van der Waals surface area (Å²) in [6.45, 7) is 7.45. The van der Waals surface area contributed by atoms with Crippen LogP contribution in [0.25, 0.3) is 11.0 Å². The molecule has 2 aromatic heterocycles. The first-order chi connectivity index (χ1) is 14.1. The molecule has 160 valence electrons. The molecule has 0 atom stereocenters. The lowest BCUT2D eigenvalue weighted by atomic mass is 10.1. The van der Waals surface area contributed by atoms with Crippen molar-refractivity contribution in [2.45, 2.75) is 46.0 Å². The van der Waals surface area contributed by atoms with Gasteiger partial charge in [0.1, 0.15) is 0 Å². The monoisotopic (exact) mass is 429 g/mol. The van der Waals surface area contributed by atoms with Gasteiger partial charge in [0.15, 0.2) is 5.65 Å². The molecular weight excluding hydrogens is 402 g/mol. The maximum Gasteiger partial charge on any atom is 0.252 e. The molecule has 0 aliphatic heterocycles. The van der Waals surface area contributed by atoms with E-state index in [9.17, 15) is 13.2 Å². The Labute approximate surface area is 176 Å². The van der Waals surface area contributed by atoms with E-state index in [-0.39, 0.29) is 24.2 Å². The van der Waals surface area contributed by atoms with Crippen LogP contribution in [0.4, 0.5) is 0 Å². The van der Waals surface area contributed by atoms with Gasteiger partial charge in [-0.2, -0.15) is 5.10 Å². The van der Waals surface area contributed by atoms with Crippen LogP contribution in [0.15, 0.2) is 30.3 Å². The van der Waals surface area contributed by atoms with E-state index in [2.05, 4.69) is 20.1 Å². The van der Waals surface area contributed by atoms with Crippen LogP contribution in [0.3, 0.4) is 0 Å². The number of pyridine rings is 1. The van der Waals surface area contributed by atoms with Crippen molar-refractivity contribution >= 4 is 27.0 Å². The van der Waals surface area contributed by atoms with E-state index in [0.29, 0.717) is 16.8 Å². The number of nitrogens with one attached hydrogen (secondary N) is 2. The molecule has 8 nitrogen and oxygen atoms in total. The van der Waals surface area contributed by atoms with Crippen molar-refractivity contribution in [2.75, 3.05) is 0 Å². The molecule has 0 saturated carbocycles. The highest BCUT2D eigenvalue weighted by Gasteiger charge is 2.19. The number of fused-ring (bicyclic) bond motifs is 1. The molecule has 0 aliphatic rings. The van der Waals surface area contributed by atoms with Gasteiger partial charge in [-0.25, -0.2) is 18.1 Å². The second-order valence-corrected chi connectivity index (χ2v) is 9.46. The number of hydrogen-bond acceptors (Lipinski definition) is 5. The first kappa shape index (κ1) is 21.9. The molecule has 0 radical (unpaired) electrons. The molecule has 0 aliphatic carbocycles. The fraction of sp³-hybridized carbons (Fsp3) is 0.381. The molecule has 0 saturated heterocycles. The van der Waals surface area contributed by atoms with E-state index in [1.165, 1.54) is 0 Å². The summed E-state index contributed by atoms with van der Waals surface area (Å²) in [4.78, 5) is 17.5. The lowest BCUT2D eigenvalue weighted by Crippen LogP contribution is -2.32. The van der Waals surface area contributed by atoms with Crippen LogP contribution in [-0.2, 0) is 29.4 Å². The summed E-state index contributed by atoms with van der Waals surface area (Å²) in [6, 6.07) is 8.77. The number of aromatic nitrogens is 3. The second-order valence-electron chi connectivity index (χ2n) is 7.70. The van der Waals surface area contributed by atoms with E-state index in [0.717, 1.165) is 22.3 Å². The van der Waals surface area contributed by atoms with Crippen LogP contribution in [0, 0.1) is 13.8 Å². The molecule has 0 bridgehead atoms. The molecule has 3 aromatic rings. The first-order valence-electron chi connectivity index (χ1n) is 9.73. The topological polar surface area (TPSA) is 106 Å². The fourth-order valence-electron chi connectivity index (χ4n) is 3.50. The van der Waals surface area contributed by atoms with E-state index in [1.54, 1.807) is 43.8 Å². The summed E-state index contributed by atoms with van der Waals surface area (Å²) in [5, 5.41) is 8.01. The third kappa shape index (κ3) is 4.85. The van der Waals surface area contributed by atoms with Crippen molar-refractivity contribution in [3.8, 4) is 0 Å². The summed E-state index contributed by atoms with van der Waals surface area (Å²) >= 11 is 0. The zero-order valence-corrected chi connectivity index (χ0v) is 18.7. The Kier molecular flexibility index (Phi) is 6.23. The molecule has 1 amide bonds. The fourth-order valence-corrected chi connectivity index (χ4v) is 4.99. The number of nitrogens with zero attached hydrogens (tertiary/aromatic N) is 3. The van der Waals surface area contributed by atoms with E-state index >= 15 is 0 Å². The van der Waals surface area contributed by atoms with Gasteiger partial charge in [0, 0.05) is 25.3 Å². The number of aryl methyl sites for hydroxylation is 3. The van der Waals surface area contributed by atoms with Crippen LogP contribution in [-0.4, -0.2) is 35.1 Å². The number of hydrogen-bond donors (Lipinski definition) is 2. The molecule has 1 aromatic carbocycles. The summed E-state index contributed by atoms with van der Waals surface area (Å²) in [5.74, 6) is -0.392. The number of amides is 1. The van der Waals surface area contributed by atoms with Crippen LogP contribution < -0.4 is 10.0 Å². The smallest absolute Gasteiger partial charge is 0.252 e. The van der Waals surface area contributed by atoms with E-state index < -0.39 is 10.0 Å². The number of carbonyl (C=O) groups excluding carboxylic acids is 1. The van der Waals surface area contributed by atoms with Gasteiger partial charge in [0.25, 0.3) is 5.91 Å². The van der Waals surface area contributed by atoms with Crippen LogP contribution in [0.5, 0.6) is 0 Å². The highest BCUT2D eigenvalue weighted by Crippen LogP contribution is 2.22. The van der Waals surface area contributed by atoms with Gasteiger partial charge in [-0.05, 0) is 44.9 Å². The standard InChI is InChI=1S/C21H27N5O3S/c1-13(2)25-30(28,29)12-17-9-7-6-8-16(17)11-22-21(27)18-10-14(3)23-20-19(18)15(4)24-26(20)5/h6-10,13,25H,11-12H2,1-5H3,(H,22,27). The van der Waals surface area contributed by atoms with Crippen molar-refractivity contribution < 1.29 is 13.2 Å². The van der Waals surface area contributed by atoms with Crippen molar-refractivity contribution in [2.24, 2.45) is 7.05 Å². The maximum absolute atomic E-state index is 13.0. The predicted octanol–water partition coefficient (Wildman–Crippen LogP) is 2.34. The summed E-state index contributed by atoms with van der Waals surface area (Å²) < 4.78 is 28.9. The molecule has 0 spiro atoms. The van der Waals surface area contributed by atoms with Gasteiger partial charge in [-0.15, -0.1) is 0 Å². The maximum atomic E-state index is 13.0. The van der Waals surface area contributed by atoms with Crippen molar-refractivity contribution in [1.82, 2.24) is 24.8 Å². The number of carbonyl (C=O) groups is 1. The SMILES string of the molecule is Cc1cc(C(=O)NCc2ccccc2CS(=O)(=O)NC(C)C)c2c(C)nn(C)c2n1. The third-order valence-electron chi connectivity index (χ3n) is 4.66. The Hall–Kier alpha value is -2.78. The molecule has 2 heterocycles. The van der Waals surface area contributed by atoms with E-state index in [1.807, 2.05) is 26.0 Å². The minimum absolute atomic E-state index is 0.141. The quantitative estimate of drug-likeness (QED) is 0.600. The van der Waals surface area contributed by atoms with Gasteiger partial charge >= 0.3 is 0 Å². The van der Waals surface area contributed by atoms with Gasteiger partial charge in [-0.3, -0.25) is 9.48 Å². The molecule has 0 unspecified atom stereocenters. The molecule has 3 rings (SSSR count). The Morgan fingerprint density at radius 2 is 1.83 bits per heavy atom. The van der Waals surface area contributed by atoms with Crippen LogP contribution in [0.2, 0.25) is 0 Å². The highest BCUT2D eigenvalue weighted by atomic mass is 32.2. The minimum atomic E-state index is -3.47. The largest absolute Gasteiger partial charge is 0.348 e. The Bertz CT molecular complexity index is 1200. The van der Waals surface area contributed by atoms with Gasteiger partial charge in [0.05, 0.1) is 22.4 Å². The lowest BCUT2D eigenvalue weighted by molar-refractivity contribution is 0.0952. The lowest BCUT2D eigenvalue weighted by Gasteiger charge is -2.14. The summed E-state index contributed by atoms with van der Waals surface area (Å²) in [6.07, 6.45) is 0. The average Bonchev–Trinajstić information content (AvgIpc) is 2.92. The summed E-state index contributed by atoms with van der Waals surface area (Å²) in [5.41, 5.74) is 4.03. The van der Waals surface area contributed by atoms with E-state index in [4.69, 9.17) is 0 Å². The predicted molar refractivity (Wildman–Crippen MR) is 116 cm³/mol. The van der Waals surface area contributed by atoms with Gasteiger partial charge < -0.3 is 5.32 Å². The second kappa shape index (κ2) is 8.53. The zero-order chi connectivity index (χ0) is 22.1. The van der Waals surface area contributed by atoms with Crippen molar-refractivity contribution in [3.63, 3.8) is 0 Å². The Morgan fingerprint density at radius 3 is 2.50 bits per heavy atom. The van der Waals surface area contributed by atoms with Crippen molar-refractivity contribution in [3.05, 3.63) is 58.4 Å². The zero-order valence-electron chi connectivity index (χ0n) is 17.9. The third-order valence-corrected chi connectivity index (χ3v) is 6.18. The minimum Gasteiger partial charge on any atom is -0.348 e. The molecule has 0 fully saturated rings. The molecule has 9 heteroatoms. The van der Waals surface area contributed by atoms with Crippen LogP contribution in [0.1, 0.15) is 46.7 Å². The van der Waals surface area contributed by atoms with Crippen LogP contribution >= 0.6 is 0 Å². The number of sulfonamides is 1. The average molecular weight is 430 g/mol.